The number of rotatable bonds is 2. The van der Waals surface area contributed by atoms with E-state index < -0.39 is 0 Å². The Bertz CT molecular complexity index is 362. The standard InChI is InChI=1S/C15H24N2/c1-12-8-6-7-10-14(12)17(2)15-11-5-3-4-9-13(15)16/h6-8,10,13,15H,3-5,9,11,16H2,1-2H3. The van der Waals surface area contributed by atoms with Crippen LogP contribution >= 0.6 is 0 Å². The molecule has 2 unspecified atom stereocenters. The summed E-state index contributed by atoms with van der Waals surface area (Å²) in [4.78, 5) is 2.39. The first-order valence-electron chi connectivity index (χ1n) is 6.74. The highest BCUT2D eigenvalue weighted by molar-refractivity contribution is 5.53. The minimum atomic E-state index is 0.321. The monoisotopic (exact) mass is 232 g/mol. The molecule has 2 rings (SSSR count). The van der Waals surface area contributed by atoms with Gasteiger partial charge in [-0.2, -0.15) is 0 Å². The summed E-state index contributed by atoms with van der Waals surface area (Å²) in [6, 6.07) is 9.41. The SMILES string of the molecule is Cc1ccccc1N(C)C1CCCCCC1N. The first-order chi connectivity index (χ1) is 8.20. The number of para-hydroxylation sites is 1. The molecule has 0 aromatic heterocycles. The number of likely N-dealkylation sites (N-methyl/N-ethyl adjacent to an activating group) is 1. The van der Waals surface area contributed by atoms with Crippen molar-refractivity contribution in [1.29, 1.82) is 0 Å². The van der Waals surface area contributed by atoms with Crippen LogP contribution in [0.2, 0.25) is 0 Å². The normalized spacial score (nSPS) is 25.4. The van der Waals surface area contributed by atoms with Gasteiger partial charge in [0.25, 0.3) is 0 Å². The summed E-state index contributed by atoms with van der Waals surface area (Å²) in [5.74, 6) is 0. The smallest absolute Gasteiger partial charge is 0.0437 e. The second kappa shape index (κ2) is 5.54. The molecule has 1 aromatic carbocycles. The van der Waals surface area contributed by atoms with Crippen molar-refractivity contribution in [3.05, 3.63) is 29.8 Å². The third-order valence-corrected chi connectivity index (χ3v) is 4.02. The summed E-state index contributed by atoms with van der Waals surface area (Å²) in [5, 5.41) is 0. The van der Waals surface area contributed by atoms with Gasteiger partial charge in [-0.05, 0) is 31.4 Å². The van der Waals surface area contributed by atoms with E-state index in [0.29, 0.717) is 12.1 Å². The summed E-state index contributed by atoms with van der Waals surface area (Å²) in [5.41, 5.74) is 8.99. The van der Waals surface area contributed by atoms with Crippen molar-refractivity contribution in [3.8, 4) is 0 Å². The first kappa shape index (κ1) is 12.4. The number of nitrogens with two attached hydrogens (primary N) is 1. The Morgan fingerprint density at radius 3 is 2.59 bits per heavy atom. The van der Waals surface area contributed by atoms with Crippen LogP contribution in [-0.4, -0.2) is 19.1 Å². The molecule has 1 fully saturated rings. The predicted molar refractivity (Wildman–Crippen MR) is 74.4 cm³/mol. The predicted octanol–water partition coefficient (Wildman–Crippen LogP) is 3.09. The fourth-order valence-electron chi connectivity index (χ4n) is 2.94. The fourth-order valence-corrected chi connectivity index (χ4v) is 2.94. The Morgan fingerprint density at radius 2 is 1.82 bits per heavy atom. The average Bonchev–Trinajstić information content (AvgIpc) is 2.54. The Kier molecular flexibility index (Phi) is 4.06. The van der Waals surface area contributed by atoms with E-state index in [-0.39, 0.29) is 0 Å². The molecule has 2 atom stereocenters. The molecule has 2 nitrogen and oxygen atoms in total. The maximum Gasteiger partial charge on any atom is 0.0437 e. The Balaban J connectivity index is 2.18. The summed E-state index contributed by atoms with van der Waals surface area (Å²) in [6.07, 6.45) is 6.34. The molecular formula is C15H24N2. The van der Waals surface area contributed by atoms with Gasteiger partial charge in [0.2, 0.25) is 0 Å². The van der Waals surface area contributed by atoms with Gasteiger partial charge in [-0.15, -0.1) is 0 Å². The van der Waals surface area contributed by atoms with Crippen LogP contribution in [0.25, 0.3) is 0 Å². The molecule has 94 valence electrons. The van der Waals surface area contributed by atoms with Crippen molar-refractivity contribution >= 4 is 5.69 Å². The van der Waals surface area contributed by atoms with E-state index in [9.17, 15) is 0 Å². The van der Waals surface area contributed by atoms with Crippen molar-refractivity contribution in [3.63, 3.8) is 0 Å². The number of aryl methyl sites for hydroxylation is 1. The average molecular weight is 232 g/mol. The minimum absolute atomic E-state index is 0.321. The van der Waals surface area contributed by atoms with Crippen LogP contribution in [0.15, 0.2) is 24.3 Å². The van der Waals surface area contributed by atoms with Gasteiger partial charge in [-0.25, -0.2) is 0 Å². The van der Waals surface area contributed by atoms with Crippen molar-refractivity contribution in [1.82, 2.24) is 0 Å². The Hall–Kier alpha value is -1.02. The van der Waals surface area contributed by atoms with Gasteiger partial charge in [0.15, 0.2) is 0 Å². The molecule has 0 saturated heterocycles. The highest BCUT2D eigenvalue weighted by atomic mass is 15.2. The zero-order valence-electron chi connectivity index (χ0n) is 11.0. The summed E-state index contributed by atoms with van der Waals surface area (Å²) < 4.78 is 0. The van der Waals surface area contributed by atoms with Gasteiger partial charge >= 0.3 is 0 Å². The number of anilines is 1. The Morgan fingerprint density at radius 1 is 1.12 bits per heavy atom. The molecule has 1 aliphatic rings. The lowest BCUT2D eigenvalue weighted by molar-refractivity contribution is 0.480. The van der Waals surface area contributed by atoms with E-state index in [0.717, 1.165) is 0 Å². The topological polar surface area (TPSA) is 29.3 Å². The van der Waals surface area contributed by atoms with E-state index in [4.69, 9.17) is 5.73 Å². The Labute approximate surface area is 105 Å². The van der Waals surface area contributed by atoms with Crippen molar-refractivity contribution in [2.24, 2.45) is 5.73 Å². The molecule has 0 amide bonds. The summed E-state index contributed by atoms with van der Waals surface area (Å²) in [7, 11) is 2.19. The number of hydrogen-bond acceptors (Lipinski definition) is 2. The third-order valence-electron chi connectivity index (χ3n) is 4.02. The van der Waals surface area contributed by atoms with Crippen molar-refractivity contribution in [2.75, 3.05) is 11.9 Å². The zero-order valence-corrected chi connectivity index (χ0v) is 11.0. The molecule has 2 N–H and O–H groups in total. The second-order valence-corrected chi connectivity index (χ2v) is 5.27. The van der Waals surface area contributed by atoms with Crippen LogP contribution in [0.4, 0.5) is 5.69 Å². The summed E-state index contributed by atoms with van der Waals surface area (Å²) in [6.45, 7) is 2.17. The molecular weight excluding hydrogens is 208 g/mol. The zero-order chi connectivity index (χ0) is 12.3. The highest BCUT2D eigenvalue weighted by Crippen LogP contribution is 2.26. The van der Waals surface area contributed by atoms with Crippen LogP contribution < -0.4 is 10.6 Å². The molecule has 0 heterocycles. The van der Waals surface area contributed by atoms with Crippen LogP contribution in [0, 0.1) is 6.92 Å². The number of nitrogens with zero attached hydrogens (tertiary/aromatic N) is 1. The van der Waals surface area contributed by atoms with Gasteiger partial charge in [0.05, 0.1) is 0 Å². The van der Waals surface area contributed by atoms with Crippen LogP contribution in [0.5, 0.6) is 0 Å². The highest BCUT2D eigenvalue weighted by Gasteiger charge is 2.24. The maximum atomic E-state index is 6.33. The second-order valence-electron chi connectivity index (χ2n) is 5.27. The van der Waals surface area contributed by atoms with E-state index in [1.807, 2.05) is 0 Å². The van der Waals surface area contributed by atoms with Crippen molar-refractivity contribution in [2.45, 2.75) is 51.1 Å². The quantitative estimate of drug-likeness (QED) is 0.794. The van der Waals surface area contributed by atoms with Crippen LogP contribution in [-0.2, 0) is 0 Å². The van der Waals surface area contributed by atoms with Crippen LogP contribution in [0.3, 0.4) is 0 Å². The lowest BCUT2D eigenvalue weighted by Crippen LogP contribution is -2.45. The van der Waals surface area contributed by atoms with Gasteiger partial charge in [0.1, 0.15) is 0 Å². The van der Waals surface area contributed by atoms with E-state index in [2.05, 4.69) is 43.1 Å². The summed E-state index contributed by atoms with van der Waals surface area (Å²) >= 11 is 0. The number of hydrogen-bond donors (Lipinski definition) is 1. The van der Waals surface area contributed by atoms with Crippen LogP contribution in [0.1, 0.15) is 37.7 Å². The molecule has 1 saturated carbocycles. The number of benzene rings is 1. The lowest BCUT2D eigenvalue weighted by atomic mass is 10.0. The molecule has 0 spiro atoms. The van der Waals surface area contributed by atoms with E-state index >= 15 is 0 Å². The minimum Gasteiger partial charge on any atom is -0.370 e. The molecule has 17 heavy (non-hydrogen) atoms. The van der Waals surface area contributed by atoms with Gasteiger partial charge < -0.3 is 10.6 Å². The molecule has 0 radical (unpaired) electrons. The lowest BCUT2D eigenvalue weighted by Gasteiger charge is -2.34. The molecule has 1 aromatic rings. The molecule has 0 bridgehead atoms. The maximum absolute atomic E-state index is 6.33. The molecule has 0 aliphatic heterocycles. The van der Waals surface area contributed by atoms with Gasteiger partial charge in [0, 0.05) is 24.8 Å². The van der Waals surface area contributed by atoms with E-state index in [1.54, 1.807) is 0 Å². The van der Waals surface area contributed by atoms with Gasteiger partial charge in [-0.1, -0.05) is 37.5 Å². The first-order valence-corrected chi connectivity index (χ1v) is 6.74. The third kappa shape index (κ3) is 2.81. The molecule has 2 heteroatoms. The van der Waals surface area contributed by atoms with Crippen molar-refractivity contribution < 1.29 is 0 Å². The fraction of sp³-hybridized carbons (Fsp3) is 0.600. The largest absolute Gasteiger partial charge is 0.370 e. The van der Waals surface area contributed by atoms with E-state index in [1.165, 1.54) is 43.4 Å². The van der Waals surface area contributed by atoms with Gasteiger partial charge in [-0.3, -0.25) is 0 Å². The molecule has 1 aliphatic carbocycles.